The lowest BCUT2D eigenvalue weighted by Gasteiger charge is -2.12. The van der Waals surface area contributed by atoms with Crippen molar-refractivity contribution in [1.29, 1.82) is 0 Å². The summed E-state index contributed by atoms with van der Waals surface area (Å²) in [6.45, 7) is 9.15. The molecule has 0 saturated heterocycles. The van der Waals surface area contributed by atoms with Gasteiger partial charge in [0.1, 0.15) is 0 Å². The van der Waals surface area contributed by atoms with E-state index in [9.17, 15) is 9.90 Å². The third-order valence-corrected chi connectivity index (χ3v) is 3.07. The van der Waals surface area contributed by atoms with E-state index >= 15 is 0 Å². The van der Waals surface area contributed by atoms with Crippen LogP contribution in [0.15, 0.2) is 0 Å². The average molecular weight is 302 g/mol. The molecular weight excluding hydrogens is 268 g/mol. The van der Waals surface area contributed by atoms with Gasteiger partial charge in [0.25, 0.3) is 0 Å². The van der Waals surface area contributed by atoms with Crippen LogP contribution < -0.4 is 10.6 Å². The summed E-state index contributed by atoms with van der Waals surface area (Å²) in [5.74, 6) is 0.524. The van der Waals surface area contributed by atoms with Gasteiger partial charge in [0.05, 0.1) is 12.7 Å². The summed E-state index contributed by atoms with van der Waals surface area (Å²) in [5, 5.41) is 15.6. The first-order valence-electron chi connectivity index (χ1n) is 8.29. The van der Waals surface area contributed by atoms with Crippen LogP contribution in [-0.4, -0.2) is 50.0 Å². The Labute approximate surface area is 129 Å². The first-order chi connectivity index (χ1) is 10.1. The van der Waals surface area contributed by atoms with E-state index in [1.54, 1.807) is 0 Å². The molecule has 1 amide bonds. The lowest BCUT2D eigenvalue weighted by atomic mass is 10.2. The van der Waals surface area contributed by atoms with Gasteiger partial charge in [0.15, 0.2) is 0 Å². The van der Waals surface area contributed by atoms with Gasteiger partial charge in [-0.15, -0.1) is 0 Å². The maximum Gasteiger partial charge on any atom is 0.221 e. The standard InChI is InChI=1S/C16H34N2O3/c1-4-5-6-7-10-21-13-15(19)12-17-9-8-16(20)18-11-14(2)3/h14-15,17,19H,4-13H2,1-3H3,(H,18,20). The Morgan fingerprint density at radius 1 is 1.19 bits per heavy atom. The number of carbonyl (C=O) groups excluding carboxylic acids is 1. The van der Waals surface area contributed by atoms with Gasteiger partial charge in [-0.05, 0) is 12.3 Å². The maximum atomic E-state index is 11.5. The molecule has 0 aliphatic carbocycles. The molecule has 0 aromatic rings. The number of ether oxygens (including phenoxy) is 1. The predicted molar refractivity (Wildman–Crippen MR) is 86.3 cm³/mol. The monoisotopic (exact) mass is 302 g/mol. The van der Waals surface area contributed by atoms with Crippen LogP contribution in [0.5, 0.6) is 0 Å². The Morgan fingerprint density at radius 3 is 2.62 bits per heavy atom. The fraction of sp³-hybridized carbons (Fsp3) is 0.938. The van der Waals surface area contributed by atoms with Crippen molar-refractivity contribution in [2.75, 3.05) is 32.8 Å². The number of hydrogen-bond donors (Lipinski definition) is 3. The molecule has 126 valence electrons. The summed E-state index contributed by atoms with van der Waals surface area (Å²) in [6, 6.07) is 0. The summed E-state index contributed by atoms with van der Waals surface area (Å²) < 4.78 is 5.42. The Kier molecular flexibility index (Phi) is 13.9. The van der Waals surface area contributed by atoms with E-state index in [1.807, 2.05) is 0 Å². The van der Waals surface area contributed by atoms with Crippen LogP contribution in [0.3, 0.4) is 0 Å². The molecule has 21 heavy (non-hydrogen) atoms. The largest absolute Gasteiger partial charge is 0.389 e. The van der Waals surface area contributed by atoms with E-state index in [0.717, 1.165) is 6.42 Å². The molecule has 0 fully saturated rings. The highest BCUT2D eigenvalue weighted by atomic mass is 16.5. The van der Waals surface area contributed by atoms with Crippen molar-refractivity contribution in [1.82, 2.24) is 10.6 Å². The van der Waals surface area contributed by atoms with E-state index in [2.05, 4.69) is 31.4 Å². The molecule has 0 saturated carbocycles. The number of rotatable bonds is 14. The van der Waals surface area contributed by atoms with Gasteiger partial charge in [-0.3, -0.25) is 4.79 Å². The van der Waals surface area contributed by atoms with Crippen molar-refractivity contribution in [3.63, 3.8) is 0 Å². The van der Waals surface area contributed by atoms with Gasteiger partial charge >= 0.3 is 0 Å². The first kappa shape index (κ1) is 20.3. The molecule has 1 unspecified atom stereocenters. The quantitative estimate of drug-likeness (QED) is 0.427. The predicted octanol–water partition coefficient (Wildman–Crippen LogP) is 1.70. The lowest BCUT2D eigenvalue weighted by molar-refractivity contribution is -0.121. The summed E-state index contributed by atoms with van der Waals surface area (Å²) in [6.07, 6.45) is 4.65. The summed E-state index contributed by atoms with van der Waals surface area (Å²) in [7, 11) is 0. The van der Waals surface area contributed by atoms with Gasteiger partial charge in [-0.1, -0.05) is 40.0 Å². The van der Waals surface area contributed by atoms with Gasteiger partial charge in [-0.25, -0.2) is 0 Å². The minimum atomic E-state index is -0.505. The number of aliphatic hydroxyl groups is 1. The van der Waals surface area contributed by atoms with Crippen LogP contribution in [0.2, 0.25) is 0 Å². The lowest BCUT2D eigenvalue weighted by Crippen LogP contribution is -2.34. The molecule has 0 radical (unpaired) electrons. The first-order valence-corrected chi connectivity index (χ1v) is 8.29. The zero-order valence-corrected chi connectivity index (χ0v) is 14.0. The summed E-state index contributed by atoms with van der Waals surface area (Å²) >= 11 is 0. The summed E-state index contributed by atoms with van der Waals surface area (Å²) in [4.78, 5) is 11.5. The third-order valence-electron chi connectivity index (χ3n) is 3.07. The van der Waals surface area contributed by atoms with Crippen molar-refractivity contribution in [2.45, 2.75) is 59.0 Å². The van der Waals surface area contributed by atoms with E-state index in [1.165, 1.54) is 19.3 Å². The molecule has 0 heterocycles. The molecule has 0 aromatic carbocycles. The second kappa shape index (κ2) is 14.3. The highest BCUT2D eigenvalue weighted by molar-refractivity contribution is 5.76. The molecule has 0 aliphatic rings. The third kappa shape index (κ3) is 15.6. The SMILES string of the molecule is CCCCCCOCC(O)CNCCC(=O)NCC(C)C. The van der Waals surface area contributed by atoms with E-state index < -0.39 is 6.10 Å². The van der Waals surface area contributed by atoms with Crippen LogP contribution in [0.4, 0.5) is 0 Å². The molecule has 0 spiro atoms. The van der Waals surface area contributed by atoms with E-state index in [-0.39, 0.29) is 5.91 Å². The second-order valence-electron chi connectivity index (χ2n) is 5.94. The fourth-order valence-electron chi connectivity index (χ4n) is 1.79. The summed E-state index contributed by atoms with van der Waals surface area (Å²) in [5.41, 5.74) is 0. The number of nitrogens with one attached hydrogen (secondary N) is 2. The van der Waals surface area contributed by atoms with Gasteiger partial charge in [-0.2, -0.15) is 0 Å². The molecule has 0 bridgehead atoms. The fourth-order valence-corrected chi connectivity index (χ4v) is 1.79. The zero-order chi connectivity index (χ0) is 15.9. The van der Waals surface area contributed by atoms with Gasteiger partial charge < -0.3 is 20.5 Å². The van der Waals surface area contributed by atoms with Crippen molar-refractivity contribution < 1.29 is 14.6 Å². The zero-order valence-electron chi connectivity index (χ0n) is 14.0. The molecule has 3 N–H and O–H groups in total. The van der Waals surface area contributed by atoms with Gasteiger partial charge in [0, 0.05) is 32.7 Å². The van der Waals surface area contributed by atoms with E-state index in [0.29, 0.717) is 45.2 Å². The van der Waals surface area contributed by atoms with Crippen LogP contribution in [-0.2, 0) is 9.53 Å². The Bertz CT molecular complexity index is 248. The van der Waals surface area contributed by atoms with Crippen LogP contribution in [0, 0.1) is 5.92 Å². The van der Waals surface area contributed by atoms with E-state index in [4.69, 9.17) is 4.74 Å². The van der Waals surface area contributed by atoms with Crippen molar-refractivity contribution in [3.8, 4) is 0 Å². The Balaban J connectivity index is 3.33. The Hall–Kier alpha value is -0.650. The van der Waals surface area contributed by atoms with Crippen molar-refractivity contribution >= 4 is 5.91 Å². The molecule has 0 aliphatic heterocycles. The number of unbranched alkanes of at least 4 members (excludes halogenated alkanes) is 3. The van der Waals surface area contributed by atoms with Crippen LogP contribution >= 0.6 is 0 Å². The minimum absolute atomic E-state index is 0.0536. The molecule has 5 nitrogen and oxygen atoms in total. The normalized spacial score (nSPS) is 12.6. The number of hydrogen-bond acceptors (Lipinski definition) is 4. The smallest absolute Gasteiger partial charge is 0.221 e. The van der Waals surface area contributed by atoms with Crippen LogP contribution in [0.1, 0.15) is 52.9 Å². The highest BCUT2D eigenvalue weighted by Crippen LogP contribution is 1.99. The Morgan fingerprint density at radius 2 is 1.95 bits per heavy atom. The number of aliphatic hydroxyl groups excluding tert-OH is 1. The van der Waals surface area contributed by atoms with Crippen molar-refractivity contribution in [2.24, 2.45) is 5.92 Å². The van der Waals surface area contributed by atoms with Crippen LogP contribution in [0.25, 0.3) is 0 Å². The van der Waals surface area contributed by atoms with Crippen molar-refractivity contribution in [3.05, 3.63) is 0 Å². The topological polar surface area (TPSA) is 70.6 Å². The molecule has 1 atom stereocenters. The maximum absolute atomic E-state index is 11.5. The minimum Gasteiger partial charge on any atom is -0.389 e. The second-order valence-corrected chi connectivity index (χ2v) is 5.94. The molecular formula is C16H34N2O3. The molecule has 0 rings (SSSR count). The molecule has 5 heteroatoms. The average Bonchev–Trinajstić information content (AvgIpc) is 2.45. The highest BCUT2D eigenvalue weighted by Gasteiger charge is 2.05. The number of amides is 1. The number of carbonyl (C=O) groups is 1. The van der Waals surface area contributed by atoms with Gasteiger partial charge in [0.2, 0.25) is 5.91 Å². The molecule has 0 aromatic heterocycles.